The molecule has 19 heavy (non-hydrogen) atoms. The SMILES string of the molecule is CNC(C)c1cccnc1N(C)Cc1ccccn1. The van der Waals surface area contributed by atoms with Crippen molar-refractivity contribution < 1.29 is 0 Å². The van der Waals surface area contributed by atoms with Gasteiger partial charge in [-0.1, -0.05) is 12.1 Å². The van der Waals surface area contributed by atoms with Gasteiger partial charge in [0.1, 0.15) is 5.82 Å². The zero-order valence-corrected chi connectivity index (χ0v) is 11.7. The molecule has 2 aromatic rings. The van der Waals surface area contributed by atoms with Crippen LogP contribution in [-0.2, 0) is 6.54 Å². The number of rotatable bonds is 5. The molecule has 1 unspecified atom stereocenters. The lowest BCUT2D eigenvalue weighted by molar-refractivity contribution is 0.645. The molecule has 0 saturated heterocycles. The van der Waals surface area contributed by atoms with Crippen molar-refractivity contribution in [1.29, 1.82) is 0 Å². The van der Waals surface area contributed by atoms with Crippen molar-refractivity contribution in [2.75, 3.05) is 19.0 Å². The van der Waals surface area contributed by atoms with E-state index in [1.807, 2.05) is 50.8 Å². The highest BCUT2D eigenvalue weighted by Gasteiger charge is 2.13. The van der Waals surface area contributed by atoms with Crippen LogP contribution in [0.5, 0.6) is 0 Å². The van der Waals surface area contributed by atoms with Crippen LogP contribution in [0.3, 0.4) is 0 Å². The Hall–Kier alpha value is -1.94. The zero-order chi connectivity index (χ0) is 13.7. The number of anilines is 1. The van der Waals surface area contributed by atoms with Crippen molar-refractivity contribution in [3.63, 3.8) is 0 Å². The first-order valence-electron chi connectivity index (χ1n) is 6.45. The smallest absolute Gasteiger partial charge is 0.133 e. The van der Waals surface area contributed by atoms with Crippen LogP contribution < -0.4 is 10.2 Å². The monoisotopic (exact) mass is 256 g/mol. The third-order valence-corrected chi connectivity index (χ3v) is 3.20. The van der Waals surface area contributed by atoms with Crippen LogP contribution in [0.1, 0.15) is 24.2 Å². The molecule has 100 valence electrons. The topological polar surface area (TPSA) is 41.1 Å². The largest absolute Gasteiger partial charge is 0.354 e. The predicted octanol–water partition coefficient (Wildman–Crippen LogP) is 2.39. The molecule has 1 atom stereocenters. The Morgan fingerprint density at radius 2 is 1.95 bits per heavy atom. The van der Waals surface area contributed by atoms with Gasteiger partial charge in [-0.3, -0.25) is 4.98 Å². The summed E-state index contributed by atoms with van der Waals surface area (Å²) in [7, 11) is 4.00. The van der Waals surface area contributed by atoms with Gasteiger partial charge in [0, 0.05) is 31.0 Å². The average Bonchev–Trinajstić information content (AvgIpc) is 2.47. The fourth-order valence-electron chi connectivity index (χ4n) is 2.03. The molecule has 0 aliphatic carbocycles. The Balaban J connectivity index is 2.21. The first kappa shape index (κ1) is 13.5. The summed E-state index contributed by atoms with van der Waals surface area (Å²) in [5.74, 6) is 0.995. The van der Waals surface area contributed by atoms with Crippen molar-refractivity contribution in [3.05, 3.63) is 54.0 Å². The summed E-state index contributed by atoms with van der Waals surface area (Å²) in [6.07, 6.45) is 3.65. The van der Waals surface area contributed by atoms with E-state index in [-0.39, 0.29) is 6.04 Å². The molecule has 0 radical (unpaired) electrons. The maximum atomic E-state index is 4.50. The van der Waals surface area contributed by atoms with Crippen LogP contribution in [0, 0.1) is 0 Å². The Bertz CT molecular complexity index is 513. The molecule has 2 aromatic heterocycles. The van der Waals surface area contributed by atoms with Crippen LogP contribution in [-0.4, -0.2) is 24.1 Å². The number of hydrogen-bond acceptors (Lipinski definition) is 4. The minimum absolute atomic E-state index is 0.273. The first-order valence-corrected chi connectivity index (χ1v) is 6.45. The van der Waals surface area contributed by atoms with Crippen molar-refractivity contribution in [1.82, 2.24) is 15.3 Å². The van der Waals surface area contributed by atoms with Gasteiger partial charge in [0.15, 0.2) is 0 Å². The minimum atomic E-state index is 0.273. The quantitative estimate of drug-likeness (QED) is 0.892. The van der Waals surface area contributed by atoms with E-state index in [0.29, 0.717) is 0 Å². The second-order valence-electron chi connectivity index (χ2n) is 4.60. The Morgan fingerprint density at radius 3 is 2.63 bits per heavy atom. The first-order chi connectivity index (χ1) is 9.22. The average molecular weight is 256 g/mol. The van der Waals surface area contributed by atoms with Crippen LogP contribution in [0.25, 0.3) is 0 Å². The molecule has 2 heterocycles. The molecule has 0 aliphatic heterocycles. The molecular weight excluding hydrogens is 236 g/mol. The van der Waals surface area contributed by atoms with Crippen molar-refractivity contribution in [2.45, 2.75) is 19.5 Å². The Labute approximate surface area is 114 Å². The Kier molecular flexibility index (Phi) is 4.47. The third-order valence-electron chi connectivity index (χ3n) is 3.20. The molecule has 0 amide bonds. The number of hydrogen-bond donors (Lipinski definition) is 1. The van der Waals surface area contributed by atoms with Crippen molar-refractivity contribution >= 4 is 5.82 Å². The normalized spacial score (nSPS) is 12.2. The fourth-order valence-corrected chi connectivity index (χ4v) is 2.03. The summed E-state index contributed by atoms with van der Waals surface area (Å²) in [4.78, 5) is 11.0. The van der Waals surface area contributed by atoms with Gasteiger partial charge < -0.3 is 10.2 Å². The van der Waals surface area contributed by atoms with Gasteiger partial charge in [-0.25, -0.2) is 4.98 Å². The number of nitrogens with zero attached hydrogens (tertiary/aromatic N) is 3. The molecule has 0 aromatic carbocycles. The van der Waals surface area contributed by atoms with E-state index < -0.39 is 0 Å². The van der Waals surface area contributed by atoms with Crippen molar-refractivity contribution in [2.24, 2.45) is 0 Å². The summed E-state index contributed by atoms with van der Waals surface area (Å²) in [5, 5.41) is 3.26. The lowest BCUT2D eigenvalue weighted by Crippen LogP contribution is -2.23. The van der Waals surface area contributed by atoms with E-state index in [4.69, 9.17) is 0 Å². The summed E-state index contributed by atoms with van der Waals surface area (Å²) < 4.78 is 0. The molecule has 0 spiro atoms. The van der Waals surface area contributed by atoms with Crippen LogP contribution in [0.4, 0.5) is 5.82 Å². The molecule has 0 fully saturated rings. The van der Waals surface area contributed by atoms with Gasteiger partial charge >= 0.3 is 0 Å². The van der Waals surface area contributed by atoms with E-state index in [9.17, 15) is 0 Å². The lowest BCUT2D eigenvalue weighted by atomic mass is 10.1. The fraction of sp³-hybridized carbons (Fsp3) is 0.333. The van der Waals surface area contributed by atoms with Crippen molar-refractivity contribution in [3.8, 4) is 0 Å². The second-order valence-corrected chi connectivity index (χ2v) is 4.60. The van der Waals surface area contributed by atoms with E-state index in [1.54, 1.807) is 0 Å². The van der Waals surface area contributed by atoms with Crippen LogP contribution in [0.2, 0.25) is 0 Å². The van der Waals surface area contributed by atoms with Gasteiger partial charge in [-0.05, 0) is 32.2 Å². The molecule has 4 heteroatoms. The number of pyridine rings is 2. The molecule has 0 aliphatic rings. The van der Waals surface area contributed by atoms with E-state index in [2.05, 4.69) is 33.2 Å². The highest BCUT2D eigenvalue weighted by atomic mass is 15.2. The minimum Gasteiger partial charge on any atom is -0.354 e. The van der Waals surface area contributed by atoms with Gasteiger partial charge in [-0.2, -0.15) is 0 Å². The van der Waals surface area contributed by atoms with Gasteiger partial charge in [-0.15, -0.1) is 0 Å². The van der Waals surface area contributed by atoms with Gasteiger partial charge in [0.2, 0.25) is 0 Å². The summed E-state index contributed by atoms with van der Waals surface area (Å²) >= 11 is 0. The van der Waals surface area contributed by atoms with E-state index in [0.717, 1.165) is 18.1 Å². The summed E-state index contributed by atoms with van der Waals surface area (Å²) in [6, 6.07) is 10.3. The van der Waals surface area contributed by atoms with E-state index >= 15 is 0 Å². The summed E-state index contributed by atoms with van der Waals surface area (Å²) in [5.41, 5.74) is 2.24. The molecule has 0 saturated carbocycles. The molecule has 0 bridgehead atoms. The highest BCUT2D eigenvalue weighted by molar-refractivity contribution is 5.47. The van der Waals surface area contributed by atoms with E-state index in [1.165, 1.54) is 5.56 Å². The second kappa shape index (κ2) is 6.29. The standard InChI is InChI=1S/C15H20N4/c1-12(16-2)14-8-6-10-18-15(14)19(3)11-13-7-4-5-9-17-13/h4-10,12,16H,11H2,1-3H3. The molecule has 1 N–H and O–H groups in total. The number of aromatic nitrogens is 2. The summed E-state index contributed by atoms with van der Waals surface area (Å²) in [6.45, 7) is 2.89. The number of nitrogens with one attached hydrogen (secondary N) is 1. The van der Waals surface area contributed by atoms with Crippen LogP contribution in [0.15, 0.2) is 42.7 Å². The maximum absolute atomic E-state index is 4.50. The third kappa shape index (κ3) is 3.29. The lowest BCUT2D eigenvalue weighted by Gasteiger charge is -2.23. The predicted molar refractivity (Wildman–Crippen MR) is 78.1 cm³/mol. The maximum Gasteiger partial charge on any atom is 0.133 e. The Morgan fingerprint density at radius 1 is 1.16 bits per heavy atom. The molecular formula is C15H20N4. The van der Waals surface area contributed by atoms with Crippen LogP contribution >= 0.6 is 0 Å². The van der Waals surface area contributed by atoms with Gasteiger partial charge in [0.25, 0.3) is 0 Å². The highest BCUT2D eigenvalue weighted by Crippen LogP contribution is 2.23. The molecule has 2 rings (SSSR count). The molecule has 4 nitrogen and oxygen atoms in total. The van der Waals surface area contributed by atoms with Gasteiger partial charge in [0.05, 0.1) is 12.2 Å². The zero-order valence-electron chi connectivity index (χ0n) is 11.7.